The molecule has 0 saturated carbocycles. The molecule has 2 aromatic heterocycles. The lowest BCUT2D eigenvalue weighted by Gasteiger charge is -2.16. The van der Waals surface area contributed by atoms with Crippen LogP contribution in [-0.2, 0) is 10.0 Å². The van der Waals surface area contributed by atoms with Crippen molar-refractivity contribution >= 4 is 10.0 Å². The molecule has 6 nitrogen and oxygen atoms in total. The van der Waals surface area contributed by atoms with Gasteiger partial charge in [-0.1, -0.05) is 6.92 Å². The highest BCUT2D eigenvalue weighted by Gasteiger charge is 2.23. The average molecular weight is 360 g/mol. The van der Waals surface area contributed by atoms with E-state index in [-0.39, 0.29) is 4.90 Å². The van der Waals surface area contributed by atoms with Crippen LogP contribution in [0, 0.1) is 0 Å². The number of hydrogen-bond donors (Lipinski definition) is 2. The standard InChI is InChI=1S/C18H20N2O4S/c1-3-15(18-7-5-11-24-18)20-25(21,22)13-8-9-17(23-2)14(12-13)16-6-4-10-19-16/h4-12,15,19-20H,3H2,1-2H3. The number of sulfonamides is 1. The Hall–Kier alpha value is -2.51. The van der Waals surface area contributed by atoms with E-state index in [0.29, 0.717) is 23.5 Å². The number of aromatic nitrogens is 1. The molecule has 0 spiro atoms. The molecule has 1 unspecified atom stereocenters. The normalized spacial score (nSPS) is 12.9. The molecule has 2 heterocycles. The molecule has 25 heavy (non-hydrogen) atoms. The Morgan fingerprint density at radius 1 is 1.24 bits per heavy atom. The molecular weight excluding hydrogens is 340 g/mol. The van der Waals surface area contributed by atoms with Crippen molar-refractivity contribution in [3.05, 3.63) is 60.7 Å². The van der Waals surface area contributed by atoms with Crippen molar-refractivity contribution in [3.8, 4) is 17.0 Å². The minimum atomic E-state index is -3.72. The molecule has 2 N–H and O–H groups in total. The fraction of sp³-hybridized carbons (Fsp3) is 0.222. The van der Waals surface area contributed by atoms with Crippen LogP contribution >= 0.6 is 0 Å². The van der Waals surface area contributed by atoms with Gasteiger partial charge in [-0.05, 0) is 48.9 Å². The van der Waals surface area contributed by atoms with Gasteiger partial charge in [-0.3, -0.25) is 0 Å². The Morgan fingerprint density at radius 3 is 2.68 bits per heavy atom. The van der Waals surface area contributed by atoms with Crippen LogP contribution in [0.1, 0.15) is 25.1 Å². The Bertz CT molecular complexity index is 916. The Balaban J connectivity index is 1.96. The summed E-state index contributed by atoms with van der Waals surface area (Å²) in [4.78, 5) is 3.24. The third kappa shape index (κ3) is 3.62. The maximum absolute atomic E-state index is 12.8. The molecule has 1 atom stereocenters. The SMILES string of the molecule is CCC(NS(=O)(=O)c1ccc(OC)c(-c2ccc[nH]2)c1)c1ccco1. The van der Waals surface area contributed by atoms with Gasteiger partial charge < -0.3 is 14.1 Å². The number of H-pyrrole nitrogens is 1. The van der Waals surface area contributed by atoms with Gasteiger partial charge in [0.25, 0.3) is 0 Å². The van der Waals surface area contributed by atoms with Crippen LogP contribution in [0.25, 0.3) is 11.3 Å². The summed E-state index contributed by atoms with van der Waals surface area (Å²) < 4.78 is 39.0. The second-order valence-electron chi connectivity index (χ2n) is 5.54. The molecule has 0 aliphatic rings. The highest BCUT2D eigenvalue weighted by molar-refractivity contribution is 7.89. The summed E-state index contributed by atoms with van der Waals surface area (Å²) in [5.41, 5.74) is 1.47. The van der Waals surface area contributed by atoms with E-state index in [1.165, 1.54) is 12.3 Å². The van der Waals surface area contributed by atoms with E-state index in [2.05, 4.69) is 9.71 Å². The number of benzene rings is 1. The lowest BCUT2D eigenvalue weighted by Crippen LogP contribution is -2.28. The predicted molar refractivity (Wildman–Crippen MR) is 94.8 cm³/mol. The Kier molecular flexibility index (Phi) is 4.96. The first-order valence-electron chi connectivity index (χ1n) is 7.92. The van der Waals surface area contributed by atoms with Crippen molar-refractivity contribution in [3.63, 3.8) is 0 Å². The monoisotopic (exact) mass is 360 g/mol. The lowest BCUT2D eigenvalue weighted by atomic mass is 10.1. The van der Waals surface area contributed by atoms with Crippen LogP contribution in [0.5, 0.6) is 5.75 Å². The minimum absolute atomic E-state index is 0.169. The van der Waals surface area contributed by atoms with Gasteiger partial charge in [0.05, 0.1) is 24.3 Å². The molecule has 0 saturated heterocycles. The zero-order valence-corrected chi connectivity index (χ0v) is 14.8. The van der Waals surface area contributed by atoms with E-state index >= 15 is 0 Å². The summed E-state index contributed by atoms with van der Waals surface area (Å²) in [6.07, 6.45) is 3.88. The maximum atomic E-state index is 12.8. The van der Waals surface area contributed by atoms with Gasteiger partial charge in [0.1, 0.15) is 11.5 Å². The van der Waals surface area contributed by atoms with E-state index in [4.69, 9.17) is 9.15 Å². The second kappa shape index (κ2) is 7.16. The molecule has 132 valence electrons. The van der Waals surface area contributed by atoms with Crippen LogP contribution in [0.4, 0.5) is 0 Å². The fourth-order valence-electron chi connectivity index (χ4n) is 2.65. The number of ether oxygens (including phenoxy) is 1. The number of nitrogens with one attached hydrogen (secondary N) is 2. The van der Waals surface area contributed by atoms with Gasteiger partial charge in [-0.25, -0.2) is 13.1 Å². The van der Waals surface area contributed by atoms with Crippen LogP contribution in [0.3, 0.4) is 0 Å². The third-order valence-corrected chi connectivity index (χ3v) is 5.43. The molecule has 0 aliphatic heterocycles. The van der Waals surface area contributed by atoms with E-state index in [1.54, 1.807) is 37.6 Å². The number of rotatable bonds is 7. The molecule has 0 fully saturated rings. The molecule has 3 aromatic rings. The van der Waals surface area contributed by atoms with Crippen LogP contribution in [0.15, 0.2) is 64.2 Å². The third-order valence-electron chi connectivity index (χ3n) is 3.96. The number of methoxy groups -OCH3 is 1. The summed E-state index contributed by atoms with van der Waals surface area (Å²) in [6, 6.07) is 11.6. The Labute approximate surface area is 146 Å². The minimum Gasteiger partial charge on any atom is -0.496 e. The molecule has 0 radical (unpaired) electrons. The topological polar surface area (TPSA) is 84.3 Å². The zero-order chi connectivity index (χ0) is 17.9. The highest BCUT2D eigenvalue weighted by atomic mass is 32.2. The lowest BCUT2D eigenvalue weighted by molar-refractivity contribution is 0.416. The predicted octanol–water partition coefficient (Wildman–Crippen LogP) is 3.71. The number of hydrogen-bond acceptors (Lipinski definition) is 4. The van der Waals surface area contributed by atoms with Crippen molar-refractivity contribution in [1.82, 2.24) is 9.71 Å². The van der Waals surface area contributed by atoms with Gasteiger partial charge >= 0.3 is 0 Å². The van der Waals surface area contributed by atoms with Crippen molar-refractivity contribution in [2.75, 3.05) is 7.11 Å². The summed E-state index contributed by atoms with van der Waals surface area (Å²) in [5.74, 6) is 1.18. The first-order chi connectivity index (χ1) is 12.0. The van der Waals surface area contributed by atoms with E-state index in [1.807, 2.05) is 19.1 Å². The van der Waals surface area contributed by atoms with E-state index < -0.39 is 16.1 Å². The van der Waals surface area contributed by atoms with Crippen molar-refractivity contribution in [2.45, 2.75) is 24.3 Å². The van der Waals surface area contributed by atoms with Gasteiger partial charge in [0.15, 0.2) is 0 Å². The molecule has 0 bridgehead atoms. The number of furan rings is 1. The van der Waals surface area contributed by atoms with Gasteiger partial charge in [-0.2, -0.15) is 0 Å². The van der Waals surface area contributed by atoms with Crippen molar-refractivity contribution in [2.24, 2.45) is 0 Å². The van der Waals surface area contributed by atoms with Crippen molar-refractivity contribution < 1.29 is 17.6 Å². The smallest absolute Gasteiger partial charge is 0.241 e. The fourth-order valence-corrected chi connectivity index (χ4v) is 3.96. The van der Waals surface area contributed by atoms with E-state index in [9.17, 15) is 8.42 Å². The number of aromatic amines is 1. The molecule has 0 aliphatic carbocycles. The first kappa shape index (κ1) is 17.3. The molecule has 0 amide bonds. The zero-order valence-electron chi connectivity index (χ0n) is 14.0. The van der Waals surface area contributed by atoms with Crippen LogP contribution < -0.4 is 9.46 Å². The van der Waals surface area contributed by atoms with E-state index in [0.717, 1.165) is 5.69 Å². The molecule has 1 aromatic carbocycles. The van der Waals surface area contributed by atoms with Crippen LogP contribution in [0.2, 0.25) is 0 Å². The second-order valence-corrected chi connectivity index (χ2v) is 7.26. The molecule has 3 rings (SSSR count). The highest BCUT2D eigenvalue weighted by Crippen LogP contribution is 2.31. The maximum Gasteiger partial charge on any atom is 0.241 e. The van der Waals surface area contributed by atoms with Crippen molar-refractivity contribution in [1.29, 1.82) is 0 Å². The van der Waals surface area contributed by atoms with Gasteiger partial charge in [-0.15, -0.1) is 0 Å². The summed E-state index contributed by atoms with van der Waals surface area (Å²) in [6.45, 7) is 1.90. The quantitative estimate of drug-likeness (QED) is 0.673. The van der Waals surface area contributed by atoms with Gasteiger partial charge in [0.2, 0.25) is 10.0 Å². The van der Waals surface area contributed by atoms with Gasteiger partial charge in [0, 0.05) is 17.5 Å². The summed E-state index contributed by atoms with van der Waals surface area (Å²) in [7, 11) is -2.16. The summed E-state index contributed by atoms with van der Waals surface area (Å²) >= 11 is 0. The molecule has 7 heteroatoms. The van der Waals surface area contributed by atoms with Crippen LogP contribution in [-0.4, -0.2) is 20.5 Å². The first-order valence-corrected chi connectivity index (χ1v) is 9.41. The molecular formula is C18H20N2O4S. The summed E-state index contributed by atoms with van der Waals surface area (Å²) in [5, 5.41) is 0. The largest absolute Gasteiger partial charge is 0.496 e. The average Bonchev–Trinajstić information content (AvgIpc) is 3.32. The Morgan fingerprint density at radius 2 is 2.08 bits per heavy atom.